The van der Waals surface area contributed by atoms with Gasteiger partial charge in [0, 0.05) is 5.92 Å². The standard InChI is InChI=1S/C7H12N4O/c1-5(2)7-8-9-10-11(7)4-6(3)12/h5,12H,3-4H2,1-2H3. The lowest BCUT2D eigenvalue weighted by atomic mass is 10.2. The molecule has 1 aromatic rings. The highest BCUT2D eigenvalue weighted by atomic mass is 16.3. The molecule has 0 amide bonds. The molecule has 0 spiro atoms. The number of hydrogen-bond acceptors (Lipinski definition) is 4. The fraction of sp³-hybridized carbons (Fsp3) is 0.571. The first-order valence-electron chi connectivity index (χ1n) is 3.74. The van der Waals surface area contributed by atoms with Crippen molar-refractivity contribution in [3.05, 3.63) is 18.2 Å². The summed E-state index contributed by atoms with van der Waals surface area (Å²) in [4.78, 5) is 0. The number of aliphatic hydroxyl groups excluding tert-OH is 1. The Morgan fingerprint density at radius 1 is 1.67 bits per heavy atom. The zero-order chi connectivity index (χ0) is 9.14. The molecule has 1 aromatic heterocycles. The van der Waals surface area contributed by atoms with Crippen molar-refractivity contribution in [1.29, 1.82) is 0 Å². The number of aromatic nitrogens is 4. The predicted molar refractivity (Wildman–Crippen MR) is 43.7 cm³/mol. The van der Waals surface area contributed by atoms with Crippen LogP contribution in [0.25, 0.3) is 0 Å². The van der Waals surface area contributed by atoms with E-state index in [4.69, 9.17) is 5.11 Å². The van der Waals surface area contributed by atoms with Gasteiger partial charge >= 0.3 is 0 Å². The van der Waals surface area contributed by atoms with Gasteiger partial charge < -0.3 is 5.11 Å². The number of allylic oxidation sites excluding steroid dienone is 1. The van der Waals surface area contributed by atoms with Crippen LogP contribution in [0.15, 0.2) is 12.3 Å². The first-order valence-corrected chi connectivity index (χ1v) is 3.74. The molecule has 0 aliphatic carbocycles. The van der Waals surface area contributed by atoms with Gasteiger partial charge in [0.1, 0.15) is 12.3 Å². The highest BCUT2D eigenvalue weighted by molar-refractivity contribution is 4.91. The van der Waals surface area contributed by atoms with Crippen molar-refractivity contribution >= 4 is 0 Å². The fourth-order valence-electron chi connectivity index (χ4n) is 0.911. The molecule has 0 fully saturated rings. The summed E-state index contributed by atoms with van der Waals surface area (Å²) in [5.74, 6) is 1.06. The van der Waals surface area contributed by atoms with Crippen LogP contribution < -0.4 is 0 Å². The highest BCUT2D eigenvalue weighted by Gasteiger charge is 2.09. The first-order chi connectivity index (χ1) is 5.61. The summed E-state index contributed by atoms with van der Waals surface area (Å²) >= 11 is 0. The van der Waals surface area contributed by atoms with Crippen molar-refractivity contribution in [2.24, 2.45) is 0 Å². The van der Waals surface area contributed by atoms with Gasteiger partial charge in [0.15, 0.2) is 5.82 Å². The van der Waals surface area contributed by atoms with Crippen LogP contribution in [-0.4, -0.2) is 25.3 Å². The summed E-state index contributed by atoms with van der Waals surface area (Å²) in [6.07, 6.45) is 0. The summed E-state index contributed by atoms with van der Waals surface area (Å²) in [6, 6.07) is 0. The van der Waals surface area contributed by atoms with Crippen LogP contribution in [0.2, 0.25) is 0 Å². The molecule has 0 aliphatic rings. The van der Waals surface area contributed by atoms with Gasteiger partial charge in [-0.25, -0.2) is 4.68 Å². The van der Waals surface area contributed by atoms with Crippen LogP contribution >= 0.6 is 0 Å². The molecule has 0 aromatic carbocycles. The monoisotopic (exact) mass is 168 g/mol. The predicted octanol–water partition coefficient (Wildman–Crippen LogP) is 0.868. The van der Waals surface area contributed by atoms with Crippen LogP contribution in [0, 0.1) is 0 Å². The van der Waals surface area contributed by atoms with E-state index in [2.05, 4.69) is 22.1 Å². The number of aliphatic hydroxyl groups is 1. The van der Waals surface area contributed by atoms with E-state index in [-0.39, 0.29) is 18.2 Å². The first kappa shape index (κ1) is 8.70. The number of tetrazole rings is 1. The van der Waals surface area contributed by atoms with Gasteiger partial charge in [-0.3, -0.25) is 0 Å². The van der Waals surface area contributed by atoms with Gasteiger partial charge in [0.25, 0.3) is 0 Å². The number of nitrogens with zero attached hydrogens (tertiary/aromatic N) is 4. The SMILES string of the molecule is C=C(O)Cn1nnnc1C(C)C. The van der Waals surface area contributed by atoms with E-state index in [1.165, 1.54) is 4.68 Å². The summed E-state index contributed by atoms with van der Waals surface area (Å²) in [7, 11) is 0. The normalized spacial score (nSPS) is 10.6. The molecule has 1 N–H and O–H groups in total. The maximum atomic E-state index is 8.92. The van der Waals surface area contributed by atoms with Crippen LogP contribution in [0.5, 0.6) is 0 Å². The van der Waals surface area contributed by atoms with E-state index >= 15 is 0 Å². The third-order valence-corrected chi connectivity index (χ3v) is 1.41. The third-order valence-electron chi connectivity index (χ3n) is 1.41. The van der Waals surface area contributed by atoms with Gasteiger partial charge in [-0.05, 0) is 10.4 Å². The molecule has 0 aliphatic heterocycles. The largest absolute Gasteiger partial charge is 0.511 e. The van der Waals surface area contributed by atoms with E-state index in [9.17, 15) is 0 Å². The Labute approximate surface area is 70.7 Å². The average Bonchev–Trinajstić information content (AvgIpc) is 2.33. The Balaban J connectivity index is 2.84. The van der Waals surface area contributed by atoms with Crippen LogP contribution in [0.1, 0.15) is 25.6 Å². The smallest absolute Gasteiger partial charge is 0.154 e. The lowest BCUT2D eigenvalue weighted by Gasteiger charge is -2.04. The van der Waals surface area contributed by atoms with E-state index in [1.54, 1.807) is 0 Å². The molecule has 0 saturated carbocycles. The average molecular weight is 168 g/mol. The Kier molecular flexibility index (Phi) is 2.42. The molecule has 5 heteroatoms. The molecule has 1 heterocycles. The molecule has 0 unspecified atom stereocenters. The molecular weight excluding hydrogens is 156 g/mol. The van der Waals surface area contributed by atoms with Gasteiger partial charge in [-0.1, -0.05) is 20.4 Å². The minimum atomic E-state index is 0.0594. The van der Waals surface area contributed by atoms with Gasteiger partial charge in [-0.2, -0.15) is 0 Å². The molecule has 0 bridgehead atoms. The Hall–Kier alpha value is -1.39. The zero-order valence-electron chi connectivity index (χ0n) is 7.23. The molecule has 0 saturated heterocycles. The van der Waals surface area contributed by atoms with Crippen LogP contribution in [0.4, 0.5) is 0 Å². The second-order valence-corrected chi connectivity index (χ2v) is 2.92. The van der Waals surface area contributed by atoms with E-state index in [1.807, 2.05) is 13.8 Å². The van der Waals surface area contributed by atoms with E-state index in [0.29, 0.717) is 0 Å². The minimum absolute atomic E-state index is 0.0594. The van der Waals surface area contributed by atoms with E-state index in [0.717, 1.165) is 5.82 Å². The Bertz CT molecular complexity index is 279. The minimum Gasteiger partial charge on any atom is -0.511 e. The third kappa shape index (κ3) is 1.81. The van der Waals surface area contributed by atoms with Gasteiger partial charge in [0.05, 0.1) is 0 Å². The number of rotatable bonds is 3. The summed E-state index contributed by atoms with van der Waals surface area (Å²) in [6.45, 7) is 7.61. The second kappa shape index (κ2) is 3.34. The zero-order valence-corrected chi connectivity index (χ0v) is 7.23. The highest BCUT2D eigenvalue weighted by Crippen LogP contribution is 2.09. The maximum Gasteiger partial charge on any atom is 0.154 e. The summed E-state index contributed by atoms with van der Waals surface area (Å²) < 4.78 is 1.53. The second-order valence-electron chi connectivity index (χ2n) is 2.92. The Morgan fingerprint density at radius 2 is 2.33 bits per heavy atom. The molecule has 12 heavy (non-hydrogen) atoms. The van der Waals surface area contributed by atoms with Crippen molar-refractivity contribution in [2.75, 3.05) is 0 Å². The molecule has 5 nitrogen and oxygen atoms in total. The van der Waals surface area contributed by atoms with Crippen LogP contribution in [0.3, 0.4) is 0 Å². The number of hydrogen-bond donors (Lipinski definition) is 1. The molecule has 0 radical (unpaired) electrons. The van der Waals surface area contributed by atoms with Crippen molar-refractivity contribution in [3.63, 3.8) is 0 Å². The molecule has 0 atom stereocenters. The summed E-state index contributed by atoms with van der Waals surface area (Å²) in [5.41, 5.74) is 0. The molecule has 1 rings (SSSR count). The van der Waals surface area contributed by atoms with Gasteiger partial charge in [-0.15, -0.1) is 5.10 Å². The lowest BCUT2D eigenvalue weighted by molar-refractivity contribution is 0.364. The molecule has 66 valence electrons. The van der Waals surface area contributed by atoms with Gasteiger partial charge in [0.2, 0.25) is 0 Å². The van der Waals surface area contributed by atoms with Crippen molar-refractivity contribution in [3.8, 4) is 0 Å². The van der Waals surface area contributed by atoms with Crippen LogP contribution in [-0.2, 0) is 6.54 Å². The van der Waals surface area contributed by atoms with Crippen molar-refractivity contribution < 1.29 is 5.11 Å². The quantitative estimate of drug-likeness (QED) is 0.680. The van der Waals surface area contributed by atoms with Crippen molar-refractivity contribution in [1.82, 2.24) is 20.2 Å². The Morgan fingerprint density at radius 3 is 2.83 bits per heavy atom. The lowest BCUT2D eigenvalue weighted by Crippen LogP contribution is -2.08. The summed E-state index contributed by atoms with van der Waals surface area (Å²) in [5, 5.41) is 20.0. The van der Waals surface area contributed by atoms with Crippen molar-refractivity contribution in [2.45, 2.75) is 26.3 Å². The maximum absolute atomic E-state index is 8.92. The van der Waals surface area contributed by atoms with E-state index < -0.39 is 0 Å². The topological polar surface area (TPSA) is 63.8 Å². The molecular formula is C7H12N4O. The fourth-order valence-corrected chi connectivity index (χ4v) is 0.911.